The lowest BCUT2D eigenvalue weighted by Crippen LogP contribution is -2.01. The van der Waals surface area contributed by atoms with E-state index in [2.05, 4.69) is 25.9 Å². The highest BCUT2D eigenvalue weighted by Gasteiger charge is 2.25. The van der Waals surface area contributed by atoms with Crippen molar-refractivity contribution in [3.8, 4) is 33.6 Å². The van der Waals surface area contributed by atoms with Crippen molar-refractivity contribution in [2.24, 2.45) is 0 Å². The molecule has 0 radical (unpaired) electrons. The second-order valence-corrected chi connectivity index (χ2v) is 7.67. The van der Waals surface area contributed by atoms with E-state index in [0.29, 0.717) is 15.6 Å². The predicted octanol–water partition coefficient (Wildman–Crippen LogP) is 7.45. The summed E-state index contributed by atoms with van der Waals surface area (Å²) in [6.45, 7) is 0. The largest absolute Gasteiger partial charge is 0.255 e. The average molecular weight is 494 g/mol. The molecule has 2 nitrogen and oxygen atoms in total. The number of pyridine rings is 2. The molecule has 4 rings (SSSR count). The summed E-state index contributed by atoms with van der Waals surface area (Å²) in [7, 11) is 0. The van der Waals surface area contributed by atoms with Gasteiger partial charge in [-0.2, -0.15) is 0 Å². The predicted molar refractivity (Wildman–Crippen MR) is 111 cm³/mol. The van der Waals surface area contributed by atoms with Crippen molar-refractivity contribution in [3.05, 3.63) is 93.7 Å². The molecule has 0 saturated carbocycles. The monoisotopic (exact) mass is 492 g/mol. The van der Waals surface area contributed by atoms with Crippen molar-refractivity contribution in [1.29, 1.82) is 0 Å². The van der Waals surface area contributed by atoms with Gasteiger partial charge in [0.25, 0.3) is 0 Å². The third-order valence-corrected chi connectivity index (χ3v) is 5.10. The minimum Gasteiger partial charge on any atom is -0.255 e. The first kappa shape index (κ1) is 20.5. The summed E-state index contributed by atoms with van der Waals surface area (Å²) in [5.41, 5.74) is -0.742. The lowest BCUT2D eigenvalue weighted by molar-refractivity contribution is 0.578. The Morgan fingerprint density at radius 2 is 1.43 bits per heavy atom. The van der Waals surface area contributed by atoms with Crippen LogP contribution in [0.1, 0.15) is 0 Å². The van der Waals surface area contributed by atoms with Crippen molar-refractivity contribution < 1.29 is 17.6 Å². The minimum atomic E-state index is -1.04. The molecule has 0 fully saturated rings. The maximum Gasteiger partial charge on any atom is 0.144 e. The molecule has 30 heavy (non-hydrogen) atoms. The molecule has 0 saturated heterocycles. The molecule has 2 heterocycles. The van der Waals surface area contributed by atoms with Crippen LogP contribution in [-0.4, -0.2) is 9.97 Å². The summed E-state index contributed by atoms with van der Waals surface area (Å²) in [6, 6.07) is 9.74. The fourth-order valence-corrected chi connectivity index (χ4v) is 3.42. The van der Waals surface area contributed by atoms with Crippen molar-refractivity contribution in [2.45, 2.75) is 0 Å². The molecule has 2 aromatic heterocycles. The molecule has 0 aliphatic rings. The Hall–Kier alpha value is -2.77. The molecule has 0 bridgehead atoms. The van der Waals surface area contributed by atoms with Gasteiger partial charge in [-0.05, 0) is 58.4 Å². The highest BCUT2D eigenvalue weighted by atomic mass is 79.9. The van der Waals surface area contributed by atoms with E-state index < -0.39 is 28.8 Å². The van der Waals surface area contributed by atoms with E-state index >= 15 is 8.78 Å². The van der Waals surface area contributed by atoms with Gasteiger partial charge >= 0.3 is 0 Å². The SMILES string of the molecule is Fc1ccc(-c2c(-c3ccc(Cl)cn3)cc(F)c(-c3ccc(Br)cn3)c2F)c(F)c1. The Balaban J connectivity index is 2.06. The normalized spacial score (nSPS) is 11.0. The van der Waals surface area contributed by atoms with Crippen LogP contribution < -0.4 is 0 Å². The van der Waals surface area contributed by atoms with Gasteiger partial charge in [0.15, 0.2) is 0 Å². The van der Waals surface area contributed by atoms with E-state index in [-0.39, 0.29) is 28.1 Å². The van der Waals surface area contributed by atoms with Gasteiger partial charge in [0.2, 0.25) is 0 Å². The van der Waals surface area contributed by atoms with Crippen molar-refractivity contribution in [2.75, 3.05) is 0 Å². The summed E-state index contributed by atoms with van der Waals surface area (Å²) in [6.07, 6.45) is 2.70. The van der Waals surface area contributed by atoms with Gasteiger partial charge < -0.3 is 0 Å². The van der Waals surface area contributed by atoms with Crippen LogP contribution in [-0.2, 0) is 0 Å². The number of aromatic nitrogens is 2. The van der Waals surface area contributed by atoms with Crippen LogP contribution in [0.3, 0.4) is 0 Å². The molecule has 0 N–H and O–H groups in total. The summed E-state index contributed by atoms with van der Waals surface area (Å²) >= 11 is 9.07. The van der Waals surface area contributed by atoms with Crippen LogP contribution in [0.5, 0.6) is 0 Å². The number of benzene rings is 2. The fraction of sp³-hybridized carbons (Fsp3) is 0. The lowest BCUT2D eigenvalue weighted by Gasteiger charge is -2.16. The first-order valence-corrected chi connectivity index (χ1v) is 9.73. The second kappa shape index (κ2) is 8.16. The molecular weight excluding hydrogens is 484 g/mol. The summed E-state index contributed by atoms with van der Waals surface area (Å²) in [5.74, 6) is -3.76. The molecule has 2 aromatic carbocycles. The molecule has 0 spiro atoms. The van der Waals surface area contributed by atoms with Crippen LogP contribution in [0.2, 0.25) is 5.02 Å². The van der Waals surface area contributed by atoms with Gasteiger partial charge in [-0.15, -0.1) is 0 Å². The number of nitrogens with zero attached hydrogens (tertiary/aromatic N) is 2. The van der Waals surface area contributed by atoms with Crippen LogP contribution in [0.25, 0.3) is 33.6 Å². The zero-order valence-corrected chi connectivity index (χ0v) is 17.3. The van der Waals surface area contributed by atoms with Crippen molar-refractivity contribution in [3.63, 3.8) is 0 Å². The maximum absolute atomic E-state index is 15.7. The Labute approximate surface area is 182 Å². The molecule has 0 aliphatic heterocycles. The van der Waals surface area contributed by atoms with E-state index in [1.165, 1.54) is 30.6 Å². The van der Waals surface area contributed by atoms with E-state index in [1.807, 2.05) is 0 Å². The average Bonchev–Trinajstić information content (AvgIpc) is 2.70. The Bertz CT molecular complexity index is 1250. The van der Waals surface area contributed by atoms with E-state index in [0.717, 1.165) is 18.2 Å². The molecular formula is C22H10BrClF4N2. The summed E-state index contributed by atoms with van der Waals surface area (Å²) in [4.78, 5) is 8.14. The zero-order valence-electron chi connectivity index (χ0n) is 14.9. The Morgan fingerprint density at radius 1 is 0.700 bits per heavy atom. The lowest BCUT2D eigenvalue weighted by atomic mass is 9.92. The Kier molecular flexibility index (Phi) is 5.58. The smallest absolute Gasteiger partial charge is 0.144 e. The number of hydrogen-bond donors (Lipinski definition) is 0. The highest BCUT2D eigenvalue weighted by molar-refractivity contribution is 9.10. The van der Waals surface area contributed by atoms with Gasteiger partial charge in [-0.1, -0.05) is 11.6 Å². The van der Waals surface area contributed by atoms with E-state index in [9.17, 15) is 8.78 Å². The van der Waals surface area contributed by atoms with E-state index in [1.54, 1.807) is 6.07 Å². The van der Waals surface area contributed by atoms with Crippen molar-refractivity contribution in [1.82, 2.24) is 9.97 Å². The molecule has 0 atom stereocenters. The second-order valence-electron chi connectivity index (χ2n) is 6.32. The van der Waals surface area contributed by atoms with Gasteiger partial charge in [0.1, 0.15) is 23.3 Å². The van der Waals surface area contributed by atoms with E-state index in [4.69, 9.17) is 11.6 Å². The van der Waals surface area contributed by atoms with Gasteiger partial charge in [0.05, 0.1) is 22.0 Å². The van der Waals surface area contributed by atoms with Crippen LogP contribution in [0.4, 0.5) is 17.6 Å². The minimum absolute atomic E-state index is 0.00645. The molecule has 150 valence electrons. The highest BCUT2D eigenvalue weighted by Crippen LogP contribution is 2.41. The maximum atomic E-state index is 15.7. The molecule has 0 amide bonds. The first-order valence-electron chi connectivity index (χ1n) is 8.56. The zero-order chi connectivity index (χ0) is 21.4. The number of hydrogen-bond acceptors (Lipinski definition) is 2. The quantitative estimate of drug-likeness (QED) is 0.277. The molecule has 8 heteroatoms. The van der Waals surface area contributed by atoms with Crippen LogP contribution in [0, 0.1) is 23.3 Å². The van der Waals surface area contributed by atoms with Crippen LogP contribution >= 0.6 is 27.5 Å². The van der Waals surface area contributed by atoms with Gasteiger partial charge in [-0.3, -0.25) is 9.97 Å². The summed E-state index contributed by atoms with van der Waals surface area (Å²) in [5, 5.41) is 0.324. The van der Waals surface area contributed by atoms with Gasteiger partial charge in [-0.25, -0.2) is 17.6 Å². The third-order valence-electron chi connectivity index (χ3n) is 4.41. The Morgan fingerprint density at radius 3 is 2.07 bits per heavy atom. The van der Waals surface area contributed by atoms with Crippen molar-refractivity contribution >= 4 is 27.5 Å². The first-order chi connectivity index (χ1) is 14.3. The number of rotatable bonds is 3. The van der Waals surface area contributed by atoms with Gasteiger partial charge in [0, 0.05) is 39.6 Å². The fourth-order valence-electron chi connectivity index (χ4n) is 3.07. The topological polar surface area (TPSA) is 25.8 Å². The summed E-state index contributed by atoms with van der Waals surface area (Å²) < 4.78 is 59.4. The van der Waals surface area contributed by atoms with Crippen LogP contribution in [0.15, 0.2) is 65.4 Å². The molecule has 0 aliphatic carbocycles. The molecule has 0 unspecified atom stereocenters. The third kappa shape index (κ3) is 3.82. The number of halogens is 6. The molecule has 4 aromatic rings. The standard InChI is InChI=1S/C22H10BrClF4N2/c23-11-1-5-19(29-9-11)21-17(27)8-15(18-6-2-12(24)10-30-18)20(22(21)28)14-4-3-13(25)7-16(14)26/h1-10H.